The van der Waals surface area contributed by atoms with Crippen LogP contribution in [0.3, 0.4) is 0 Å². The molecule has 2 N–H and O–H groups in total. The lowest BCUT2D eigenvalue weighted by molar-refractivity contribution is 0.256. The fraction of sp³-hybridized carbons (Fsp3) is 1.00. The molecule has 0 aliphatic carbocycles. The van der Waals surface area contributed by atoms with E-state index in [1.54, 1.807) is 0 Å². The number of likely N-dealkylation sites (tertiary alicyclic amines) is 1. The molecule has 0 bridgehead atoms. The zero-order valence-corrected chi connectivity index (χ0v) is 10.00. The number of rotatable bonds is 5. The highest BCUT2D eigenvalue weighted by molar-refractivity contribution is 4.80. The molecule has 1 aliphatic rings. The first-order chi connectivity index (χ1) is 6.63. The molecule has 1 aliphatic heterocycles. The van der Waals surface area contributed by atoms with Gasteiger partial charge in [-0.2, -0.15) is 0 Å². The molecule has 0 spiro atoms. The molecule has 2 heteroatoms. The highest BCUT2D eigenvalue weighted by Gasteiger charge is 2.25. The van der Waals surface area contributed by atoms with Crippen LogP contribution >= 0.6 is 0 Å². The second-order valence-electron chi connectivity index (χ2n) is 5.00. The van der Waals surface area contributed by atoms with Crippen LogP contribution in [-0.4, -0.2) is 30.1 Å². The van der Waals surface area contributed by atoms with Gasteiger partial charge in [0.2, 0.25) is 0 Å². The standard InChI is InChI=1S/C12H26N2/c1-4-12(13)6-5-7-14-9-10(2)8-11(14)3/h10-12H,4-9,13H2,1-3H3. The van der Waals surface area contributed by atoms with Crippen molar-refractivity contribution in [1.29, 1.82) is 0 Å². The van der Waals surface area contributed by atoms with Crippen LogP contribution < -0.4 is 5.73 Å². The molecule has 1 rings (SSSR count). The van der Waals surface area contributed by atoms with E-state index in [2.05, 4.69) is 25.7 Å². The van der Waals surface area contributed by atoms with Crippen molar-refractivity contribution < 1.29 is 0 Å². The van der Waals surface area contributed by atoms with E-state index in [0.717, 1.165) is 18.4 Å². The molecular formula is C12H26N2. The van der Waals surface area contributed by atoms with Gasteiger partial charge in [0.15, 0.2) is 0 Å². The molecule has 0 aromatic carbocycles. The van der Waals surface area contributed by atoms with Crippen LogP contribution in [0.15, 0.2) is 0 Å². The first-order valence-corrected chi connectivity index (χ1v) is 6.13. The molecule has 1 heterocycles. The summed E-state index contributed by atoms with van der Waals surface area (Å²) in [6.45, 7) is 9.42. The highest BCUT2D eigenvalue weighted by Crippen LogP contribution is 2.22. The van der Waals surface area contributed by atoms with E-state index in [9.17, 15) is 0 Å². The van der Waals surface area contributed by atoms with E-state index < -0.39 is 0 Å². The number of nitrogens with zero attached hydrogens (tertiary/aromatic N) is 1. The Morgan fingerprint density at radius 3 is 2.64 bits per heavy atom. The Bertz CT molecular complexity index is 158. The Kier molecular flexibility index (Phi) is 4.90. The van der Waals surface area contributed by atoms with Gasteiger partial charge in [-0.15, -0.1) is 0 Å². The summed E-state index contributed by atoms with van der Waals surface area (Å²) in [4.78, 5) is 2.62. The number of hydrogen-bond acceptors (Lipinski definition) is 2. The van der Waals surface area contributed by atoms with Crippen LogP contribution in [0.1, 0.15) is 46.5 Å². The lowest BCUT2D eigenvalue weighted by Crippen LogP contribution is -2.29. The summed E-state index contributed by atoms with van der Waals surface area (Å²) in [5, 5.41) is 0. The van der Waals surface area contributed by atoms with E-state index in [0.29, 0.717) is 6.04 Å². The van der Waals surface area contributed by atoms with Crippen molar-refractivity contribution in [2.45, 2.75) is 58.5 Å². The topological polar surface area (TPSA) is 29.3 Å². The Hall–Kier alpha value is -0.0800. The van der Waals surface area contributed by atoms with Gasteiger partial charge < -0.3 is 10.6 Å². The van der Waals surface area contributed by atoms with Crippen LogP contribution in [0, 0.1) is 5.92 Å². The molecule has 84 valence electrons. The van der Waals surface area contributed by atoms with Gasteiger partial charge >= 0.3 is 0 Å². The van der Waals surface area contributed by atoms with E-state index in [1.807, 2.05) is 0 Å². The van der Waals surface area contributed by atoms with Gasteiger partial charge in [0.05, 0.1) is 0 Å². The molecule has 0 saturated carbocycles. The van der Waals surface area contributed by atoms with Crippen LogP contribution in [0.4, 0.5) is 0 Å². The predicted molar refractivity (Wildman–Crippen MR) is 62.3 cm³/mol. The molecule has 1 saturated heterocycles. The van der Waals surface area contributed by atoms with Gasteiger partial charge in [-0.05, 0) is 45.1 Å². The highest BCUT2D eigenvalue weighted by atomic mass is 15.2. The first kappa shape index (κ1) is 12.0. The third-order valence-corrected chi connectivity index (χ3v) is 3.46. The molecule has 0 radical (unpaired) electrons. The van der Waals surface area contributed by atoms with Crippen molar-refractivity contribution in [3.05, 3.63) is 0 Å². The Balaban J connectivity index is 2.12. The van der Waals surface area contributed by atoms with Gasteiger partial charge in [-0.25, -0.2) is 0 Å². The quantitative estimate of drug-likeness (QED) is 0.734. The van der Waals surface area contributed by atoms with Crippen molar-refractivity contribution in [2.75, 3.05) is 13.1 Å². The minimum Gasteiger partial charge on any atom is -0.328 e. The summed E-state index contributed by atoms with van der Waals surface area (Å²) in [5.74, 6) is 0.893. The minimum absolute atomic E-state index is 0.422. The molecule has 0 aromatic heterocycles. The lowest BCUT2D eigenvalue weighted by Gasteiger charge is -2.21. The smallest absolute Gasteiger partial charge is 0.00700 e. The normalized spacial score (nSPS) is 30.9. The Morgan fingerprint density at radius 1 is 1.43 bits per heavy atom. The SMILES string of the molecule is CCC(N)CCCN1CC(C)CC1C. The third-order valence-electron chi connectivity index (χ3n) is 3.46. The third kappa shape index (κ3) is 3.58. The van der Waals surface area contributed by atoms with Crippen molar-refractivity contribution in [3.63, 3.8) is 0 Å². The molecule has 3 unspecified atom stereocenters. The van der Waals surface area contributed by atoms with Crippen molar-refractivity contribution in [2.24, 2.45) is 11.7 Å². The zero-order chi connectivity index (χ0) is 10.6. The molecule has 14 heavy (non-hydrogen) atoms. The van der Waals surface area contributed by atoms with Crippen LogP contribution in [0.5, 0.6) is 0 Å². The zero-order valence-electron chi connectivity index (χ0n) is 10.00. The number of nitrogens with two attached hydrogens (primary N) is 1. The van der Waals surface area contributed by atoms with E-state index in [-0.39, 0.29) is 0 Å². The summed E-state index contributed by atoms with van der Waals surface area (Å²) < 4.78 is 0. The summed E-state index contributed by atoms with van der Waals surface area (Å²) in [7, 11) is 0. The second kappa shape index (κ2) is 5.72. The molecule has 1 fully saturated rings. The monoisotopic (exact) mass is 198 g/mol. The number of hydrogen-bond donors (Lipinski definition) is 1. The second-order valence-corrected chi connectivity index (χ2v) is 5.00. The largest absolute Gasteiger partial charge is 0.328 e. The minimum atomic E-state index is 0.422. The predicted octanol–water partition coefficient (Wildman–Crippen LogP) is 2.23. The van der Waals surface area contributed by atoms with Gasteiger partial charge in [-0.1, -0.05) is 13.8 Å². The van der Waals surface area contributed by atoms with Gasteiger partial charge in [0.1, 0.15) is 0 Å². The van der Waals surface area contributed by atoms with Crippen LogP contribution in [0.2, 0.25) is 0 Å². The van der Waals surface area contributed by atoms with Crippen molar-refractivity contribution >= 4 is 0 Å². The summed E-state index contributed by atoms with van der Waals surface area (Å²) in [6, 6.07) is 1.22. The van der Waals surface area contributed by atoms with Gasteiger partial charge in [0, 0.05) is 18.6 Å². The summed E-state index contributed by atoms with van der Waals surface area (Å²) in [6.07, 6.45) is 4.95. The van der Waals surface area contributed by atoms with Gasteiger partial charge in [0.25, 0.3) is 0 Å². The Morgan fingerprint density at radius 2 is 2.14 bits per heavy atom. The van der Waals surface area contributed by atoms with Gasteiger partial charge in [-0.3, -0.25) is 0 Å². The average molecular weight is 198 g/mol. The maximum absolute atomic E-state index is 5.90. The molecular weight excluding hydrogens is 172 g/mol. The van der Waals surface area contributed by atoms with E-state index in [1.165, 1.54) is 32.4 Å². The summed E-state index contributed by atoms with van der Waals surface area (Å²) in [5.41, 5.74) is 5.90. The maximum Gasteiger partial charge on any atom is 0.00700 e. The Labute approximate surface area is 88.8 Å². The van der Waals surface area contributed by atoms with Crippen LogP contribution in [-0.2, 0) is 0 Å². The fourth-order valence-corrected chi connectivity index (χ4v) is 2.46. The van der Waals surface area contributed by atoms with Crippen molar-refractivity contribution in [1.82, 2.24) is 4.90 Å². The molecule has 2 nitrogen and oxygen atoms in total. The average Bonchev–Trinajstić information content (AvgIpc) is 2.45. The van der Waals surface area contributed by atoms with E-state index in [4.69, 9.17) is 5.73 Å². The first-order valence-electron chi connectivity index (χ1n) is 6.13. The maximum atomic E-state index is 5.90. The molecule has 0 aromatic rings. The summed E-state index contributed by atoms with van der Waals surface area (Å²) >= 11 is 0. The van der Waals surface area contributed by atoms with E-state index >= 15 is 0 Å². The molecule has 3 atom stereocenters. The van der Waals surface area contributed by atoms with Crippen LogP contribution in [0.25, 0.3) is 0 Å². The fourth-order valence-electron chi connectivity index (χ4n) is 2.46. The molecule has 0 amide bonds. The van der Waals surface area contributed by atoms with Crippen molar-refractivity contribution in [3.8, 4) is 0 Å². The lowest BCUT2D eigenvalue weighted by atomic mass is 10.1.